The number of methoxy groups -OCH3 is 1. The monoisotopic (exact) mass is 583 g/mol. The number of hydrogen-bond donors (Lipinski definition) is 4. The van der Waals surface area contributed by atoms with E-state index in [0.717, 1.165) is 61.4 Å². The Morgan fingerprint density at radius 2 is 1.98 bits per heavy atom. The van der Waals surface area contributed by atoms with E-state index in [-0.39, 0.29) is 17.7 Å². The molecule has 0 radical (unpaired) electrons. The largest absolute Gasteiger partial charge is 0.493 e. The number of morpholine rings is 1. The summed E-state index contributed by atoms with van der Waals surface area (Å²) in [6.45, 7) is 5.04. The van der Waals surface area contributed by atoms with Crippen LogP contribution < -0.4 is 20.1 Å². The first-order chi connectivity index (χ1) is 19.9. The van der Waals surface area contributed by atoms with Gasteiger partial charge in [0.05, 0.1) is 38.2 Å². The van der Waals surface area contributed by atoms with Crippen molar-refractivity contribution in [1.82, 2.24) is 20.2 Å². The second-order valence-corrected chi connectivity index (χ2v) is 12.5. The van der Waals surface area contributed by atoms with Crippen LogP contribution in [0, 0.1) is 0 Å². The summed E-state index contributed by atoms with van der Waals surface area (Å²) in [5.41, 5.74) is 2.41. The number of fused-ring (bicyclic) bond motifs is 1. The molecule has 3 heterocycles. The molecule has 0 bridgehead atoms. The number of carbonyl (C=O) groups is 1. The molecule has 2 aliphatic heterocycles. The first-order valence-corrected chi connectivity index (χ1v) is 15.6. The van der Waals surface area contributed by atoms with E-state index in [0.29, 0.717) is 36.1 Å². The fourth-order valence-electron chi connectivity index (χ4n) is 4.90. The maximum absolute atomic E-state index is 12.2. The van der Waals surface area contributed by atoms with Crippen LogP contribution in [0.5, 0.6) is 11.5 Å². The number of rotatable bonds is 11. The van der Waals surface area contributed by atoms with Crippen molar-refractivity contribution in [3.63, 3.8) is 0 Å². The van der Waals surface area contributed by atoms with Gasteiger partial charge in [-0.15, -0.1) is 0 Å². The lowest BCUT2D eigenvalue weighted by Gasteiger charge is -2.26. The molecule has 41 heavy (non-hydrogen) atoms. The number of nitrogens with one attached hydrogen (secondary N) is 2. The van der Waals surface area contributed by atoms with Gasteiger partial charge in [0, 0.05) is 54.6 Å². The molecule has 1 unspecified atom stereocenters. The van der Waals surface area contributed by atoms with Gasteiger partial charge in [0.15, 0.2) is 11.5 Å². The molecule has 4 N–H and O–H groups in total. The molecule has 5 rings (SSSR count). The molecule has 1 aromatic heterocycles. The summed E-state index contributed by atoms with van der Waals surface area (Å²) in [4.78, 5) is 23.5. The second kappa shape index (κ2) is 13.5. The molecule has 2 saturated heterocycles. The van der Waals surface area contributed by atoms with E-state index >= 15 is 0 Å². The fourth-order valence-corrected chi connectivity index (χ4v) is 6.62. The topological polar surface area (TPSA) is 138 Å². The lowest BCUT2D eigenvalue weighted by molar-refractivity contribution is -0.116. The molecule has 220 valence electrons. The minimum absolute atomic E-state index is 0.201. The maximum atomic E-state index is 12.2. The molecule has 1 atom stereocenters. The van der Waals surface area contributed by atoms with Crippen LogP contribution in [0.25, 0.3) is 17.0 Å². The second-order valence-electron chi connectivity index (χ2n) is 10.1. The van der Waals surface area contributed by atoms with Gasteiger partial charge in [0.2, 0.25) is 5.91 Å². The van der Waals surface area contributed by atoms with Gasteiger partial charge in [-0.25, -0.2) is 9.97 Å². The predicted octanol–water partition coefficient (Wildman–Crippen LogP) is 4.14. The van der Waals surface area contributed by atoms with E-state index in [1.165, 1.54) is 12.4 Å². The highest BCUT2D eigenvalue weighted by atomic mass is 32.3. The fraction of sp³-hybridized carbons (Fsp3) is 0.414. The zero-order chi connectivity index (χ0) is 28.7. The lowest BCUT2D eigenvalue weighted by Crippen LogP contribution is -2.37. The van der Waals surface area contributed by atoms with Gasteiger partial charge in [0.25, 0.3) is 0 Å². The quantitative estimate of drug-likeness (QED) is 0.192. The van der Waals surface area contributed by atoms with Crippen molar-refractivity contribution < 1.29 is 28.1 Å². The Morgan fingerprint density at radius 1 is 1.17 bits per heavy atom. The number of amides is 1. The smallest absolute Gasteiger partial charge is 0.244 e. The summed E-state index contributed by atoms with van der Waals surface area (Å²) in [5.74, 6) is 2.21. The number of nitrogens with zero attached hydrogens (tertiary/aromatic N) is 3. The van der Waals surface area contributed by atoms with Crippen LogP contribution in [0.4, 0.5) is 11.5 Å². The third kappa shape index (κ3) is 8.08. The van der Waals surface area contributed by atoms with Crippen LogP contribution in [0.1, 0.15) is 18.4 Å². The maximum Gasteiger partial charge on any atom is 0.244 e. The summed E-state index contributed by atoms with van der Waals surface area (Å²) in [5, 5.41) is 6.97. The first kappa shape index (κ1) is 29.1. The van der Waals surface area contributed by atoms with Gasteiger partial charge >= 0.3 is 0 Å². The van der Waals surface area contributed by atoms with Crippen LogP contribution in [0.2, 0.25) is 0 Å². The minimum atomic E-state index is -2.54. The average molecular weight is 584 g/mol. The van der Waals surface area contributed by atoms with E-state index in [2.05, 4.69) is 25.5 Å². The number of hydrogen-bond acceptors (Lipinski definition) is 10. The molecule has 2 aromatic carbocycles. The Balaban J connectivity index is 1.19. The third-order valence-corrected chi connectivity index (χ3v) is 8.93. The minimum Gasteiger partial charge on any atom is -0.493 e. The Labute approximate surface area is 241 Å². The van der Waals surface area contributed by atoms with Gasteiger partial charge < -0.3 is 24.8 Å². The molecule has 2 aliphatic rings. The molecule has 2 fully saturated rings. The number of carbonyl (C=O) groups excluding carboxylic acids is 1. The first-order valence-electron chi connectivity index (χ1n) is 13.7. The molecular formula is C29H37N5O6S. The van der Waals surface area contributed by atoms with Crippen molar-refractivity contribution in [3.8, 4) is 11.5 Å². The van der Waals surface area contributed by atoms with Crippen molar-refractivity contribution >= 4 is 45.0 Å². The Kier molecular flexibility index (Phi) is 9.57. The molecular weight excluding hydrogens is 546 g/mol. The van der Waals surface area contributed by atoms with E-state index < -0.39 is 10.6 Å². The van der Waals surface area contributed by atoms with Crippen LogP contribution in [0.15, 0.2) is 48.8 Å². The van der Waals surface area contributed by atoms with Crippen molar-refractivity contribution in [2.45, 2.75) is 18.9 Å². The van der Waals surface area contributed by atoms with E-state index in [1.54, 1.807) is 13.2 Å². The number of aromatic nitrogens is 2. The molecule has 1 amide bonds. The highest BCUT2D eigenvalue weighted by Gasteiger charge is 2.28. The number of ether oxygens (including phenoxy) is 3. The summed E-state index contributed by atoms with van der Waals surface area (Å²) in [6.07, 6.45) is 6.18. The predicted molar refractivity (Wildman–Crippen MR) is 161 cm³/mol. The Bertz CT molecular complexity index is 1360. The van der Waals surface area contributed by atoms with Crippen molar-refractivity contribution in [1.29, 1.82) is 0 Å². The summed E-state index contributed by atoms with van der Waals surface area (Å²) >= 11 is 0. The zero-order valence-corrected chi connectivity index (χ0v) is 23.9. The van der Waals surface area contributed by atoms with Crippen molar-refractivity contribution in [2.24, 2.45) is 0 Å². The van der Waals surface area contributed by atoms with Gasteiger partial charge in [-0.2, -0.15) is 10.6 Å². The number of benzene rings is 2. The average Bonchev–Trinajstić information content (AvgIpc) is 3.32. The molecule has 0 saturated carbocycles. The van der Waals surface area contributed by atoms with E-state index in [9.17, 15) is 13.9 Å². The van der Waals surface area contributed by atoms with Gasteiger partial charge in [0.1, 0.15) is 12.1 Å². The van der Waals surface area contributed by atoms with Gasteiger partial charge in [-0.1, -0.05) is 12.1 Å². The summed E-state index contributed by atoms with van der Waals surface area (Å²) in [6, 6.07) is 11.2. The molecule has 0 aliphatic carbocycles. The van der Waals surface area contributed by atoms with Crippen LogP contribution in [-0.4, -0.2) is 94.0 Å². The third-order valence-electron chi connectivity index (χ3n) is 7.11. The van der Waals surface area contributed by atoms with Gasteiger partial charge in [-0.3, -0.25) is 18.8 Å². The lowest BCUT2D eigenvalue weighted by atomic mass is 10.1. The summed E-state index contributed by atoms with van der Waals surface area (Å²) < 4.78 is 36.6. The molecule has 11 nitrogen and oxygen atoms in total. The number of anilines is 2. The van der Waals surface area contributed by atoms with Crippen molar-refractivity contribution in [2.75, 3.05) is 63.4 Å². The van der Waals surface area contributed by atoms with Crippen LogP contribution in [-0.2, 0) is 9.53 Å². The standard InChI is InChI=1S/C29H37N5O6S/c1-38-26-17-24-25(18-27(26)40-13-2-10-34-11-14-39-15-12-34)30-20-31-29(24)33-22-6-3-21(4-7-22)5-8-28(35)32-23-9-16-41(36,37)19-23/h3-8,17-18,20,23,36-37H,2,9-16,19H2,1H3,(H,32,35)(H,30,31,33)/b8-5+. The molecule has 12 heteroatoms. The van der Waals surface area contributed by atoms with E-state index in [1.807, 2.05) is 36.4 Å². The molecule has 3 aromatic rings. The Morgan fingerprint density at radius 3 is 2.71 bits per heavy atom. The normalized spacial score (nSPS) is 19.7. The van der Waals surface area contributed by atoms with Gasteiger partial charge in [-0.05, 0) is 42.7 Å². The summed E-state index contributed by atoms with van der Waals surface area (Å²) in [7, 11) is -0.923. The van der Waals surface area contributed by atoms with Crippen LogP contribution >= 0.6 is 10.6 Å². The Hall–Kier alpha value is -3.42. The zero-order valence-electron chi connectivity index (χ0n) is 23.1. The highest BCUT2D eigenvalue weighted by molar-refractivity contribution is 8.24. The van der Waals surface area contributed by atoms with Crippen LogP contribution in [0.3, 0.4) is 0 Å². The SMILES string of the molecule is COc1cc2c(Nc3ccc(/C=C/C(=O)NC4CCS(O)(O)C4)cc3)ncnc2cc1OCCCN1CCOCC1. The highest BCUT2D eigenvalue weighted by Crippen LogP contribution is 2.45. The molecule has 0 spiro atoms. The van der Waals surface area contributed by atoms with E-state index in [4.69, 9.17) is 14.2 Å². The van der Waals surface area contributed by atoms with Crippen molar-refractivity contribution in [3.05, 3.63) is 54.4 Å².